The maximum absolute atomic E-state index is 11.9. The van der Waals surface area contributed by atoms with Crippen molar-refractivity contribution in [3.05, 3.63) is 0 Å². The number of carbonyl (C=O) groups excluding carboxylic acids is 2. The summed E-state index contributed by atoms with van der Waals surface area (Å²) >= 11 is 0. The van der Waals surface area contributed by atoms with Crippen LogP contribution in [0.25, 0.3) is 0 Å². The van der Waals surface area contributed by atoms with Crippen LogP contribution in [0, 0.1) is 0 Å². The standard InChI is InChI=1S/C11H21N3O2/c1-5-9(2)14-8-10(15)13(11(14)16)7-6-12(3)4/h9H,5-8H2,1-4H3. The Labute approximate surface area is 97.0 Å². The molecule has 5 nitrogen and oxygen atoms in total. The number of nitrogens with zero attached hydrogens (tertiary/aromatic N) is 3. The van der Waals surface area contributed by atoms with E-state index in [2.05, 4.69) is 0 Å². The molecule has 1 rings (SSSR count). The van der Waals surface area contributed by atoms with Gasteiger partial charge in [0, 0.05) is 19.1 Å². The highest BCUT2D eigenvalue weighted by molar-refractivity contribution is 6.02. The Morgan fingerprint density at radius 3 is 2.50 bits per heavy atom. The summed E-state index contributed by atoms with van der Waals surface area (Å²) < 4.78 is 0. The average molecular weight is 227 g/mol. The lowest BCUT2D eigenvalue weighted by Crippen LogP contribution is -2.40. The van der Waals surface area contributed by atoms with Crippen molar-refractivity contribution in [2.24, 2.45) is 0 Å². The van der Waals surface area contributed by atoms with E-state index in [-0.39, 0.29) is 24.5 Å². The fourth-order valence-corrected chi connectivity index (χ4v) is 1.65. The fraction of sp³-hybridized carbons (Fsp3) is 0.818. The Morgan fingerprint density at radius 1 is 1.38 bits per heavy atom. The molecule has 1 aliphatic heterocycles. The van der Waals surface area contributed by atoms with Gasteiger partial charge in [0.15, 0.2) is 0 Å². The van der Waals surface area contributed by atoms with Gasteiger partial charge in [0.1, 0.15) is 6.54 Å². The Kier molecular flexibility index (Phi) is 4.29. The number of rotatable bonds is 5. The highest BCUT2D eigenvalue weighted by Crippen LogP contribution is 2.15. The van der Waals surface area contributed by atoms with Gasteiger partial charge in [-0.1, -0.05) is 6.92 Å². The van der Waals surface area contributed by atoms with Crippen LogP contribution in [-0.4, -0.2) is 66.4 Å². The lowest BCUT2D eigenvalue weighted by atomic mass is 10.2. The van der Waals surface area contributed by atoms with Crippen molar-refractivity contribution >= 4 is 11.9 Å². The zero-order valence-electron chi connectivity index (χ0n) is 10.6. The van der Waals surface area contributed by atoms with E-state index in [9.17, 15) is 9.59 Å². The van der Waals surface area contributed by atoms with Crippen LogP contribution < -0.4 is 0 Å². The van der Waals surface area contributed by atoms with Crippen molar-refractivity contribution in [2.45, 2.75) is 26.3 Å². The van der Waals surface area contributed by atoms with E-state index in [4.69, 9.17) is 0 Å². The Bertz CT molecular complexity index is 278. The molecule has 0 N–H and O–H groups in total. The van der Waals surface area contributed by atoms with Gasteiger partial charge >= 0.3 is 6.03 Å². The molecule has 1 unspecified atom stereocenters. The van der Waals surface area contributed by atoms with Gasteiger partial charge in [0.2, 0.25) is 5.91 Å². The van der Waals surface area contributed by atoms with Crippen molar-refractivity contribution < 1.29 is 9.59 Å². The molecule has 0 aromatic heterocycles. The predicted molar refractivity (Wildman–Crippen MR) is 62.1 cm³/mol. The summed E-state index contributed by atoms with van der Waals surface area (Å²) in [6.45, 7) is 5.43. The number of amides is 3. The van der Waals surface area contributed by atoms with Gasteiger partial charge in [-0.2, -0.15) is 0 Å². The second-order valence-corrected chi connectivity index (χ2v) is 4.52. The number of hydrogen-bond donors (Lipinski definition) is 0. The highest BCUT2D eigenvalue weighted by atomic mass is 16.2. The first-order valence-corrected chi connectivity index (χ1v) is 5.73. The molecular weight excluding hydrogens is 206 g/mol. The monoisotopic (exact) mass is 227 g/mol. The summed E-state index contributed by atoms with van der Waals surface area (Å²) in [7, 11) is 3.86. The van der Waals surface area contributed by atoms with Crippen LogP contribution in [0.1, 0.15) is 20.3 Å². The van der Waals surface area contributed by atoms with Crippen LogP contribution in [0.3, 0.4) is 0 Å². The summed E-state index contributed by atoms with van der Waals surface area (Å²) in [5.74, 6) is -0.0767. The van der Waals surface area contributed by atoms with Gasteiger partial charge in [-0.25, -0.2) is 4.79 Å². The SMILES string of the molecule is CCC(C)N1CC(=O)N(CCN(C)C)C1=O. The first kappa shape index (κ1) is 13.0. The summed E-state index contributed by atoms with van der Waals surface area (Å²) in [5, 5.41) is 0. The van der Waals surface area contributed by atoms with E-state index < -0.39 is 0 Å². The Morgan fingerprint density at radius 2 is 2.00 bits per heavy atom. The van der Waals surface area contributed by atoms with Gasteiger partial charge in [0.05, 0.1) is 0 Å². The van der Waals surface area contributed by atoms with Gasteiger partial charge in [-0.05, 0) is 27.4 Å². The van der Waals surface area contributed by atoms with Crippen LogP contribution in [0.4, 0.5) is 4.79 Å². The molecule has 1 atom stereocenters. The largest absolute Gasteiger partial charge is 0.327 e. The van der Waals surface area contributed by atoms with Crippen LogP contribution in [0.15, 0.2) is 0 Å². The maximum Gasteiger partial charge on any atom is 0.327 e. The second kappa shape index (κ2) is 5.30. The van der Waals surface area contributed by atoms with Crippen molar-refractivity contribution in [1.82, 2.24) is 14.7 Å². The number of hydrogen-bond acceptors (Lipinski definition) is 3. The molecule has 1 aliphatic rings. The molecule has 5 heteroatoms. The molecule has 3 amide bonds. The Hall–Kier alpha value is -1.10. The second-order valence-electron chi connectivity index (χ2n) is 4.52. The summed E-state index contributed by atoms with van der Waals surface area (Å²) in [6, 6.07) is 0.00186. The van der Waals surface area contributed by atoms with Crippen LogP contribution in [0.5, 0.6) is 0 Å². The molecule has 0 saturated carbocycles. The van der Waals surface area contributed by atoms with Crippen molar-refractivity contribution in [2.75, 3.05) is 33.7 Å². The molecule has 0 radical (unpaired) electrons. The topological polar surface area (TPSA) is 43.9 Å². The smallest absolute Gasteiger partial charge is 0.312 e. The minimum Gasteiger partial charge on any atom is -0.312 e. The molecule has 0 aromatic rings. The van der Waals surface area contributed by atoms with Gasteiger partial charge in [-0.15, -0.1) is 0 Å². The zero-order valence-corrected chi connectivity index (χ0v) is 10.6. The summed E-state index contributed by atoms with van der Waals surface area (Å²) in [5.41, 5.74) is 0. The van der Waals surface area contributed by atoms with Gasteiger partial charge < -0.3 is 9.80 Å². The average Bonchev–Trinajstić information content (AvgIpc) is 2.51. The molecule has 0 aliphatic carbocycles. The van der Waals surface area contributed by atoms with Crippen LogP contribution in [0.2, 0.25) is 0 Å². The third kappa shape index (κ3) is 2.72. The predicted octanol–water partition coefficient (Wildman–Crippen LogP) is 0.611. The third-order valence-corrected chi connectivity index (χ3v) is 2.98. The molecule has 1 heterocycles. The molecule has 0 aromatic carbocycles. The number of likely N-dealkylation sites (N-methyl/N-ethyl adjacent to an activating group) is 1. The van der Waals surface area contributed by atoms with E-state index in [1.54, 1.807) is 4.90 Å². The van der Waals surface area contributed by atoms with E-state index in [0.717, 1.165) is 6.42 Å². The van der Waals surface area contributed by atoms with E-state index >= 15 is 0 Å². The minimum absolute atomic E-state index is 0.0767. The highest BCUT2D eigenvalue weighted by Gasteiger charge is 2.37. The van der Waals surface area contributed by atoms with Crippen molar-refractivity contribution in [3.63, 3.8) is 0 Å². The molecule has 0 spiro atoms. The molecule has 1 fully saturated rings. The molecule has 92 valence electrons. The van der Waals surface area contributed by atoms with E-state index in [0.29, 0.717) is 13.1 Å². The third-order valence-electron chi connectivity index (χ3n) is 2.98. The van der Waals surface area contributed by atoms with Crippen LogP contribution >= 0.6 is 0 Å². The molecule has 16 heavy (non-hydrogen) atoms. The van der Waals surface area contributed by atoms with E-state index in [1.807, 2.05) is 32.8 Å². The molecule has 1 saturated heterocycles. The number of imide groups is 1. The van der Waals surface area contributed by atoms with Gasteiger partial charge in [0.25, 0.3) is 0 Å². The first-order valence-electron chi connectivity index (χ1n) is 5.73. The maximum atomic E-state index is 11.9. The van der Waals surface area contributed by atoms with Gasteiger partial charge in [-0.3, -0.25) is 9.69 Å². The van der Waals surface area contributed by atoms with E-state index in [1.165, 1.54) is 4.90 Å². The lowest BCUT2D eigenvalue weighted by molar-refractivity contribution is -0.125. The Balaban J connectivity index is 2.60. The van der Waals surface area contributed by atoms with Crippen molar-refractivity contribution in [3.8, 4) is 0 Å². The first-order chi connectivity index (χ1) is 7.47. The zero-order chi connectivity index (χ0) is 12.3. The van der Waals surface area contributed by atoms with Crippen molar-refractivity contribution in [1.29, 1.82) is 0 Å². The molecular formula is C11H21N3O2. The summed E-state index contributed by atoms with van der Waals surface area (Å²) in [6.07, 6.45) is 0.876. The van der Waals surface area contributed by atoms with Crippen LogP contribution in [-0.2, 0) is 4.79 Å². The minimum atomic E-state index is -0.138. The summed E-state index contributed by atoms with van der Waals surface area (Å²) in [4.78, 5) is 28.6. The molecule has 0 bridgehead atoms. The fourth-order valence-electron chi connectivity index (χ4n) is 1.65. The number of carbonyl (C=O) groups is 2. The lowest BCUT2D eigenvalue weighted by Gasteiger charge is -2.23. The quantitative estimate of drug-likeness (QED) is 0.646. The normalized spacial score (nSPS) is 18.8. The number of urea groups is 1.